The number of nitrogens with zero attached hydrogens (tertiary/aromatic N) is 1. The first kappa shape index (κ1) is 21.0. The summed E-state index contributed by atoms with van der Waals surface area (Å²) < 4.78 is 32.5. The lowest BCUT2D eigenvalue weighted by atomic mass is 9.42. The van der Waals surface area contributed by atoms with Gasteiger partial charge in [0.15, 0.2) is 0 Å². The summed E-state index contributed by atoms with van der Waals surface area (Å²) in [5.41, 5.74) is -0.912. The van der Waals surface area contributed by atoms with Crippen molar-refractivity contribution in [1.82, 2.24) is 4.90 Å². The molecule has 7 nitrogen and oxygen atoms in total. The number of hydrogen-bond acceptors (Lipinski definition) is 7. The summed E-state index contributed by atoms with van der Waals surface area (Å²) in [5.74, 6) is 1.48. The van der Waals surface area contributed by atoms with E-state index in [0.717, 1.165) is 45.2 Å². The molecule has 0 aromatic rings. The zero-order chi connectivity index (χ0) is 22.1. The van der Waals surface area contributed by atoms with Crippen molar-refractivity contribution in [3.8, 4) is 0 Å². The number of piperidine rings is 1. The predicted octanol–water partition coefficient (Wildman–Crippen LogP) is 1.67. The summed E-state index contributed by atoms with van der Waals surface area (Å²) in [6, 6.07) is 0.255. The molecular formula is C25H39NO6. The Morgan fingerprint density at radius 1 is 1.06 bits per heavy atom. The fourth-order valence-electron chi connectivity index (χ4n) is 11.4. The average molecular weight is 450 g/mol. The molecule has 12 unspecified atom stereocenters. The second-order valence-electron chi connectivity index (χ2n) is 11.9. The monoisotopic (exact) mass is 449 g/mol. The maximum absolute atomic E-state index is 10.9. The van der Waals surface area contributed by atoms with Gasteiger partial charge in [-0.2, -0.15) is 0 Å². The van der Waals surface area contributed by atoms with Gasteiger partial charge < -0.3 is 28.8 Å². The zero-order valence-corrected chi connectivity index (χ0v) is 19.9. The Morgan fingerprint density at radius 2 is 1.88 bits per heavy atom. The number of aliphatic hydroxyl groups excluding tert-OH is 1. The molecule has 2 saturated heterocycles. The van der Waals surface area contributed by atoms with Gasteiger partial charge in [-0.15, -0.1) is 0 Å². The maximum Gasteiger partial charge on any atom is 0.148 e. The van der Waals surface area contributed by atoms with Crippen LogP contribution < -0.4 is 0 Å². The predicted molar refractivity (Wildman–Crippen MR) is 115 cm³/mol. The third-order valence-corrected chi connectivity index (χ3v) is 11.9. The number of ether oxygens (including phenoxy) is 5. The molecule has 2 heterocycles. The molecule has 32 heavy (non-hydrogen) atoms. The molecular weight excluding hydrogens is 410 g/mol. The van der Waals surface area contributed by atoms with E-state index in [9.17, 15) is 5.11 Å². The highest BCUT2D eigenvalue weighted by molar-refractivity contribution is 5.40. The lowest BCUT2D eigenvalue weighted by Crippen LogP contribution is -2.80. The van der Waals surface area contributed by atoms with Gasteiger partial charge in [-0.3, -0.25) is 4.90 Å². The first-order chi connectivity index (χ1) is 15.5. The highest BCUT2D eigenvalue weighted by Crippen LogP contribution is 2.82. The molecule has 0 aromatic heterocycles. The number of fused-ring (bicyclic) bond motifs is 1. The quantitative estimate of drug-likeness (QED) is 0.685. The van der Waals surface area contributed by atoms with Crippen LogP contribution in [0.1, 0.15) is 39.0 Å². The normalized spacial score (nSPS) is 61.8. The minimum atomic E-state index is -0.393. The molecule has 0 radical (unpaired) electrons. The summed E-state index contributed by atoms with van der Waals surface area (Å²) >= 11 is 0. The first-order valence-corrected chi connectivity index (χ1v) is 12.7. The molecule has 5 saturated carbocycles. The highest BCUT2D eigenvalue weighted by atomic mass is 16.7. The van der Waals surface area contributed by atoms with Crippen LogP contribution in [0.2, 0.25) is 0 Å². The fraction of sp³-hybridized carbons (Fsp3) is 1.00. The van der Waals surface area contributed by atoms with Crippen molar-refractivity contribution in [2.24, 2.45) is 34.5 Å². The van der Waals surface area contributed by atoms with Crippen molar-refractivity contribution in [2.75, 3.05) is 47.8 Å². The van der Waals surface area contributed by atoms with Crippen LogP contribution in [0.15, 0.2) is 0 Å². The van der Waals surface area contributed by atoms with Gasteiger partial charge in [0.25, 0.3) is 0 Å². The van der Waals surface area contributed by atoms with Crippen LogP contribution in [0, 0.1) is 34.5 Å². The average Bonchev–Trinajstić information content (AvgIpc) is 3.39. The van der Waals surface area contributed by atoms with Crippen molar-refractivity contribution in [3.05, 3.63) is 0 Å². The van der Waals surface area contributed by atoms with Gasteiger partial charge in [0.05, 0.1) is 31.0 Å². The second kappa shape index (κ2) is 6.48. The maximum atomic E-state index is 10.9. The topological polar surface area (TPSA) is 69.6 Å². The van der Waals surface area contributed by atoms with E-state index in [1.54, 1.807) is 0 Å². The standard InChI is InChI=1S/C25H39NO6/c1-5-26-11-22(12-27)7-6-18(29-3)25-15-8-14-16(28-2)9-23(19(15)20(14)30-4)24(21(25)26,10-17(22)25)32-13-31-23/h14-21,27H,5-13H2,1-4H3. The number of likely N-dealkylation sites (N-methyl/N-ethyl adjacent to an activating group) is 1. The molecule has 7 fully saturated rings. The Labute approximate surface area is 191 Å². The van der Waals surface area contributed by atoms with Crippen LogP contribution >= 0.6 is 0 Å². The molecule has 12 atom stereocenters. The lowest BCUT2D eigenvalue weighted by Gasteiger charge is -2.70. The molecule has 5 aliphatic carbocycles. The van der Waals surface area contributed by atoms with Gasteiger partial charge in [-0.1, -0.05) is 6.92 Å². The van der Waals surface area contributed by atoms with Crippen LogP contribution in [0.5, 0.6) is 0 Å². The van der Waals surface area contributed by atoms with Crippen molar-refractivity contribution in [3.63, 3.8) is 0 Å². The Hall–Kier alpha value is -0.280. The van der Waals surface area contributed by atoms with Gasteiger partial charge in [0.2, 0.25) is 0 Å². The molecule has 0 amide bonds. The van der Waals surface area contributed by atoms with Crippen molar-refractivity contribution >= 4 is 0 Å². The first-order valence-electron chi connectivity index (χ1n) is 12.7. The van der Waals surface area contributed by atoms with E-state index < -0.39 is 11.2 Å². The highest BCUT2D eigenvalue weighted by Gasteiger charge is 2.90. The van der Waals surface area contributed by atoms with Gasteiger partial charge in [0.1, 0.15) is 18.0 Å². The lowest BCUT2D eigenvalue weighted by molar-refractivity contribution is -0.286. The Bertz CT molecular complexity index is 811. The van der Waals surface area contributed by atoms with E-state index >= 15 is 0 Å². The SMILES string of the molecule is CCN1CC2(CO)CCC(OC)C34C5CC6C(OC)CC7(OCOC7(CC23)C14)C5C6OC. The number of hydrogen-bond donors (Lipinski definition) is 1. The Kier molecular flexibility index (Phi) is 4.26. The van der Waals surface area contributed by atoms with Crippen molar-refractivity contribution < 1.29 is 28.8 Å². The Morgan fingerprint density at radius 3 is 2.56 bits per heavy atom. The molecule has 1 N–H and O–H groups in total. The largest absolute Gasteiger partial charge is 0.396 e. The summed E-state index contributed by atoms with van der Waals surface area (Å²) in [6.45, 7) is 4.78. The molecule has 180 valence electrons. The summed E-state index contributed by atoms with van der Waals surface area (Å²) in [7, 11) is 5.62. The third-order valence-electron chi connectivity index (χ3n) is 11.9. The van der Waals surface area contributed by atoms with Gasteiger partial charge >= 0.3 is 0 Å². The zero-order valence-electron chi connectivity index (χ0n) is 19.9. The van der Waals surface area contributed by atoms with Crippen LogP contribution in [0.3, 0.4) is 0 Å². The van der Waals surface area contributed by atoms with E-state index in [4.69, 9.17) is 23.7 Å². The molecule has 2 aliphatic heterocycles. The van der Waals surface area contributed by atoms with Crippen molar-refractivity contribution in [1.29, 1.82) is 0 Å². The van der Waals surface area contributed by atoms with Gasteiger partial charge in [-0.25, -0.2) is 0 Å². The van der Waals surface area contributed by atoms with Crippen LogP contribution in [0.25, 0.3) is 0 Å². The number of aliphatic hydroxyl groups is 1. The number of methoxy groups -OCH3 is 3. The van der Waals surface area contributed by atoms with Gasteiger partial charge in [-0.05, 0) is 44.1 Å². The number of rotatable bonds is 5. The molecule has 0 aromatic carbocycles. The third kappa shape index (κ3) is 1.86. The summed E-state index contributed by atoms with van der Waals surface area (Å²) in [4.78, 5) is 2.66. The van der Waals surface area contributed by atoms with Crippen LogP contribution in [-0.2, 0) is 23.7 Å². The minimum absolute atomic E-state index is 0.0416. The molecule has 7 bridgehead atoms. The van der Waals surface area contributed by atoms with E-state index in [0.29, 0.717) is 24.5 Å². The molecule has 3 spiro atoms. The van der Waals surface area contributed by atoms with E-state index in [1.807, 2.05) is 21.3 Å². The summed E-state index contributed by atoms with van der Waals surface area (Å²) in [6.07, 6.45) is 5.40. The number of likely N-dealkylation sites (tertiary alicyclic amines) is 1. The van der Waals surface area contributed by atoms with E-state index in [-0.39, 0.29) is 47.7 Å². The van der Waals surface area contributed by atoms with E-state index in [2.05, 4.69) is 11.8 Å². The van der Waals surface area contributed by atoms with Gasteiger partial charge in [0, 0.05) is 57.0 Å². The summed E-state index contributed by atoms with van der Waals surface area (Å²) in [5, 5.41) is 10.9. The molecule has 7 heteroatoms. The smallest absolute Gasteiger partial charge is 0.148 e. The van der Waals surface area contributed by atoms with Crippen LogP contribution in [-0.4, -0.2) is 93.4 Å². The second-order valence-corrected chi connectivity index (χ2v) is 11.9. The molecule has 7 aliphatic rings. The fourth-order valence-corrected chi connectivity index (χ4v) is 11.4. The molecule has 7 rings (SSSR count). The van der Waals surface area contributed by atoms with Crippen LogP contribution in [0.4, 0.5) is 0 Å². The van der Waals surface area contributed by atoms with E-state index in [1.165, 1.54) is 0 Å². The Balaban J connectivity index is 1.53. The minimum Gasteiger partial charge on any atom is -0.396 e. The van der Waals surface area contributed by atoms with Crippen molar-refractivity contribution in [2.45, 2.75) is 74.6 Å².